The van der Waals surface area contributed by atoms with Crippen LogP contribution in [0.2, 0.25) is 0 Å². The van der Waals surface area contributed by atoms with Gasteiger partial charge in [-0.05, 0) is 29.0 Å². The van der Waals surface area contributed by atoms with Crippen LogP contribution in [-0.2, 0) is 11.0 Å². The Hall–Kier alpha value is -2.69. The first-order valence-corrected chi connectivity index (χ1v) is 8.35. The van der Waals surface area contributed by atoms with E-state index >= 15 is 0 Å². The first-order chi connectivity index (χ1) is 11.7. The monoisotopic (exact) mass is 344 g/mol. The Morgan fingerprint density at radius 2 is 2.12 bits per heavy atom. The zero-order chi connectivity index (χ0) is 16.9. The van der Waals surface area contributed by atoms with Gasteiger partial charge in [0, 0.05) is 30.4 Å². The van der Waals surface area contributed by atoms with Gasteiger partial charge < -0.3 is 11.1 Å². The van der Waals surface area contributed by atoms with Crippen molar-refractivity contribution in [2.75, 3.05) is 18.4 Å². The van der Waals surface area contributed by atoms with Gasteiger partial charge in [0.05, 0.1) is 4.90 Å². The van der Waals surface area contributed by atoms with Crippen LogP contribution in [0, 0.1) is 0 Å². The summed E-state index contributed by atoms with van der Waals surface area (Å²) in [5, 5.41) is 22.6. The molecule has 124 valence electrons. The van der Waals surface area contributed by atoms with E-state index in [9.17, 15) is 4.21 Å². The fourth-order valence-electron chi connectivity index (χ4n) is 2.30. The largest absolute Gasteiger partial charge is 0.369 e. The number of anilines is 1. The van der Waals surface area contributed by atoms with Crippen LogP contribution >= 0.6 is 0 Å². The van der Waals surface area contributed by atoms with Gasteiger partial charge in [-0.1, -0.05) is 12.1 Å². The van der Waals surface area contributed by atoms with E-state index in [1.165, 1.54) is 0 Å². The van der Waals surface area contributed by atoms with Gasteiger partial charge >= 0.3 is 0 Å². The van der Waals surface area contributed by atoms with Crippen molar-refractivity contribution in [3.63, 3.8) is 0 Å². The van der Waals surface area contributed by atoms with Crippen molar-refractivity contribution in [3.05, 3.63) is 36.5 Å². The number of hydrogen-bond donors (Lipinski definition) is 4. The Labute approximate surface area is 140 Å². The van der Waals surface area contributed by atoms with E-state index in [-0.39, 0.29) is 0 Å². The number of pyridine rings is 1. The summed E-state index contributed by atoms with van der Waals surface area (Å²) in [6.45, 7) is 1.16. The standard InChI is InChI=1S/C14H16N8OS/c15-6-7-17-12-5-4-9(8-18-12)10-2-1-3-11(24(16)23)13(10)14-19-21-22-20-14/h1-5,8H,6-7,15-16H2,(H,17,18)(H,19,20,21,22). The second kappa shape index (κ2) is 7.25. The molecule has 3 rings (SSSR count). The predicted molar refractivity (Wildman–Crippen MR) is 91.0 cm³/mol. The molecule has 2 aromatic heterocycles. The molecule has 24 heavy (non-hydrogen) atoms. The molecule has 0 aliphatic carbocycles. The molecule has 1 atom stereocenters. The number of nitrogens with one attached hydrogen (secondary N) is 2. The van der Waals surface area contributed by atoms with Gasteiger partial charge in [-0.2, -0.15) is 5.21 Å². The van der Waals surface area contributed by atoms with Gasteiger partial charge in [0.25, 0.3) is 0 Å². The molecule has 0 fully saturated rings. The lowest BCUT2D eigenvalue weighted by molar-refractivity contribution is 0.684. The van der Waals surface area contributed by atoms with Crippen molar-refractivity contribution in [2.24, 2.45) is 10.9 Å². The van der Waals surface area contributed by atoms with Gasteiger partial charge in [0.15, 0.2) is 0 Å². The van der Waals surface area contributed by atoms with E-state index < -0.39 is 11.0 Å². The lowest BCUT2D eigenvalue weighted by atomic mass is 10.0. The van der Waals surface area contributed by atoms with Crippen LogP contribution in [0.1, 0.15) is 0 Å². The molecule has 10 heteroatoms. The molecule has 9 nitrogen and oxygen atoms in total. The Bertz CT molecular complexity index is 834. The molecule has 0 saturated carbocycles. The molecule has 1 aromatic carbocycles. The van der Waals surface area contributed by atoms with Crippen LogP contribution in [0.4, 0.5) is 5.82 Å². The first-order valence-electron chi connectivity index (χ1n) is 7.14. The summed E-state index contributed by atoms with van der Waals surface area (Å²) in [5.41, 5.74) is 7.62. The highest BCUT2D eigenvalue weighted by Crippen LogP contribution is 2.33. The van der Waals surface area contributed by atoms with E-state index in [1.807, 2.05) is 18.2 Å². The second-order valence-electron chi connectivity index (χ2n) is 4.86. The second-order valence-corrected chi connectivity index (χ2v) is 5.89. The SMILES string of the molecule is NCCNc1ccc(-c2cccc(S(N)=O)c2-c2nn[nH]n2)cn1. The average molecular weight is 344 g/mol. The lowest BCUT2D eigenvalue weighted by Gasteiger charge is -2.11. The fraction of sp³-hybridized carbons (Fsp3) is 0.143. The third-order valence-electron chi connectivity index (χ3n) is 3.34. The lowest BCUT2D eigenvalue weighted by Crippen LogP contribution is -2.13. The molecule has 0 aliphatic heterocycles. The molecule has 0 bridgehead atoms. The summed E-state index contributed by atoms with van der Waals surface area (Å²) in [5.74, 6) is 1.05. The summed E-state index contributed by atoms with van der Waals surface area (Å²) in [6, 6.07) is 9.06. The Morgan fingerprint density at radius 3 is 2.75 bits per heavy atom. The Kier molecular flexibility index (Phi) is 4.89. The van der Waals surface area contributed by atoms with Crippen molar-refractivity contribution < 1.29 is 4.21 Å². The van der Waals surface area contributed by atoms with E-state index in [2.05, 4.69) is 30.9 Å². The van der Waals surface area contributed by atoms with E-state index in [0.29, 0.717) is 29.4 Å². The summed E-state index contributed by atoms with van der Waals surface area (Å²) in [7, 11) is -1.69. The quantitative estimate of drug-likeness (QED) is 0.502. The number of benzene rings is 1. The summed E-state index contributed by atoms with van der Waals surface area (Å²) >= 11 is 0. The Morgan fingerprint density at radius 1 is 1.25 bits per heavy atom. The minimum absolute atomic E-state index is 0.324. The van der Waals surface area contributed by atoms with Crippen LogP contribution in [0.25, 0.3) is 22.5 Å². The van der Waals surface area contributed by atoms with Crippen molar-refractivity contribution in [2.45, 2.75) is 4.90 Å². The summed E-state index contributed by atoms with van der Waals surface area (Å²) < 4.78 is 11.9. The van der Waals surface area contributed by atoms with Crippen molar-refractivity contribution in [1.29, 1.82) is 0 Å². The summed E-state index contributed by atoms with van der Waals surface area (Å²) in [6.07, 6.45) is 1.71. The highest BCUT2D eigenvalue weighted by Gasteiger charge is 2.18. The number of tetrazole rings is 1. The van der Waals surface area contributed by atoms with Crippen LogP contribution in [0.15, 0.2) is 41.4 Å². The molecule has 0 amide bonds. The fourth-order valence-corrected chi connectivity index (χ4v) is 2.91. The average Bonchev–Trinajstić information content (AvgIpc) is 3.14. The number of hydrogen-bond acceptors (Lipinski definition) is 7. The van der Waals surface area contributed by atoms with Crippen molar-refractivity contribution >= 4 is 16.8 Å². The Balaban J connectivity index is 2.08. The zero-order valence-corrected chi connectivity index (χ0v) is 13.5. The predicted octanol–water partition coefficient (Wildman–Crippen LogP) is 0.281. The molecule has 3 aromatic rings. The molecule has 0 spiro atoms. The molecule has 0 saturated heterocycles. The maximum absolute atomic E-state index is 11.9. The number of nitrogens with two attached hydrogens (primary N) is 2. The summed E-state index contributed by atoms with van der Waals surface area (Å²) in [4.78, 5) is 4.78. The molecule has 1 unspecified atom stereocenters. The number of rotatable bonds is 6. The van der Waals surface area contributed by atoms with Crippen LogP contribution in [-0.4, -0.2) is 42.9 Å². The topological polar surface area (TPSA) is 148 Å². The molecule has 0 aliphatic rings. The zero-order valence-electron chi connectivity index (χ0n) is 12.6. The molecule has 2 heterocycles. The van der Waals surface area contributed by atoms with Gasteiger partial charge in [0.1, 0.15) is 16.8 Å². The van der Waals surface area contributed by atoms with E-state index in [4.69, 9.17) is 10.9 Å². The minimum Gasteiger partial charge on any atom is -0.369 e. The molecular weight excluding hydrogens is 328 g/mol. The highest BCUT2D eigenvalue weighted by molar-refractivity contribution is 7.82. The van der Waals surface area contributed by atoms with Crippen LogP contribution < -0.4 is 16.2 Å². The van der Waals surface area contributed by atoms with Gasteiger partial charge in [-0.25, -0.2) is 14.3 Å². The van der Waals surface area contributed by atoms with E-state index in [0.717, 1.165) is 16.9 Å². The van der Waals surface area contributed by atoms with Gasteiger partial charge in [0.2, 0.25) is 5.82 Å². The number of H-pyrrole nitrogens is 1. The molecule has 0 radical (unpaired) electrons. The maximum atomic E-state index is 11.9. The van der Waals surface area contributed by atoms with Crippen molar-refractivity contribution in [1.82, 2.24) is 25.6 Å². The minimum atomic E-state index is -1.69. The third kappa shape index (κ3) is 3.30. The van der Waals surface area contributed by atoms with E-state index in [1.54, 1.807) is 18.3 Å². The molecular formula is C14H16N8OS. The third-order valence-corrected chi connectivity index (χ3v) is 4.11. The molecule has 6 N–H and O–H groups in total. The maximum Gasteiger partial charge on any atom is 0.206 e. The van der Waals surface area contributed by atoms with Gasteiger partial charge in [-0.3, -0.25) is 0 Å². The number of nitrogens with zero attached hydrogens (tertiary/aromatic N) is 4. The normalized spacial score (nSPS) is 12.1. The smallest absolute Gasteiger partial charge is 0.206 e. The van der Waals surface area contributed by atoms with Crippen LogP contribution in [0.5, 0.6) is 0 Å². The number of aromatic amines is 1. The highest BCUT2D eigenvalue weighted by atomic mass is 32.2. The van der Waals surface area contributed by atoms with Crippen molar-refractivity contribution in [3.8, 4) is 22.5 Å². The van der Waals surface area contributed by atoms with Gasteiger partial charge in [-0.15, -0.1) is 10.2 Å². The number of aromatic nitrogens is 5. The van der Waals surface area contributed by atoms with Crippen LogP contribution in [0.3, 0.4) is 0 Å². The first kappa shape index (κ1) is 16.2.